The molecule has 210 valence electrons. The first-order chi connectivity index (χ1) is 19.0. The number of halogens is 2. The lowest BCUT2D eigenvalue weighted by Gasteiger charge is -2.26. The summed E-state index contributed by atoms with van der Waals surface area (Å²) in [5, 5.41) is 0. The predicted octanol–water partition coefficient (Wildman–Crippen LogP) is 7.19. The summed E-state index contributed by atoms with van der Waals surface area (Å²) in [7, 11) is -8.22. The van der Waals surface area contributed by atoms with Gasteiger partial charge in [-0.3, -0.25) is 0 Å². The summed E-state index contributed by atoms with van der Waals surface area (Å²) >= 11 is 0. The van der Waals surface area contributed by atoms with Crippen molar-refractivity contribution in [2.75, 3.05) is 0 Å². The average molecular weight is 587 g/mol. The first-order valence-corrected chi connectivity index (χ1v) is 15.4. The summed E-state index contributed by atoms with van der Waals surface area (Å²) < 4.78 is 86.9. The standard InChI is InChI=1S/C30H28F2O6S2/c1-3-29(21-5-13-25(14-6-21)37-39(33,34)27-17-9-23(31)10-18-27)30(4-2)22-7-15-26(16-8-22)38-40(35,36)28-19-11-24(32)12-20-28/h5-20,29-30H,3-4H2,1-2H3/t29-,30-/m1/s1. The highest BCUT2D eigenvalue weighted by Crippen LogP contribution is 2.39. The summed E-state index contributed by atoms with van der Waals surface area (Å²) in [5.41, 5.74) is 1.97. The Morgan fingerprint density at radius 2 is 0.825 bits per heavy atom. The molecule has 0 heterocycles. The van der Waals surface area contributed by atoms with Gasteiger partial charge in [-0.2, -0.15) is 16.8 Å². The van der Waals surface area contributed by atoms with Crippen LogP contribution in [0, 0.1) is 11.6 Å². The van der Waals surface area contributed by atoms with E-state index < -0.39 is 31.9 Å². The minimum Gasteiger partial charge on any atom is -0.379 e. The average Bonchev–Trinajstić information content (AvgIpc) is 2.93. The Hall–Kier alpha value is -3.76. The van der Waals surface area contributed by atoms with E-state index in [1.165, 1.54) is 0 Å². The molecule has 0 bridgehead atoms. The maximum Gasteiger partial charge on any atom is 0.339 e. The van der Waals surface area contributed by atoms with Gasteiger partial charge in [-0.05, 0) is 109 Å². The fourth-order valence-corrected chi connectivity index (χ4v) is 6.46. The van der Waals surface area contributed by atoms with Crippen LogP contribution in [-0.2, 0) is 20.2 Å². The summed E-state index contributed by atoms with van der Waals surface area (Å²) in [4.78, 5) is -0.290. The molecule has 0 aliphatic carbocycles. The lowest BCUT2D eigenvalue weighted by atomic mass is 9.78. The molecule has 4 aromatic rings. The highest BCUT2D eigenvalue weighted by atomic mass is 32.2. The molecule has 0 unspecified atom stereocenters. The fourth-order valence-electron chi connectivity index (χ4n) is 4.60. The molecule has 0 amide bonds. The van der Waals surface area contributed by atoms with E-state index in [4.69, 9.17) is 8.37 Å². The van der Waals surface area contributed by atoms with Crippen molar-refractivity contribution in [2.24, 2.45) is 0 Å². The molecule has 0 spiro atoms. The molecule has 0 aliphatic heterocycles. The molecule has 0 aliphatic rings. The van der Waals surface area contributed by atoms with Crippen LogP contribution in [0.3, 0.4) is 0 Å². The second-order valence-corrected chi connectivity index (χ2v) is 12.2. The van der Waals surface area contributed by atoms with Crippen LogP contribution in [0.15, 0.2) is 107 Å². The Balaban J connectivity index is 1.48. The van der Waals surface area contributed by atoms with E-state index in [1.54, 1.807) is 24.3 Å². The van der Waals surface area contributed by atoms with Gasteiger partial charge in [0, 0.05) is 0 Å². The Kier molecular flexibility index (Phi) is 8.90. The van der Waals surface area contributed by atoms with Crippen molar-refractivity contribution in [1.82, 2.24) is 0 Å². The number of rotatable bonds is 11. The third kappa shape index (κ3) is 6.86. The van der Waals surface area contributed by atoms with Crippen molar-refractivity contribution in [3.05, 3.63) is 120 Å². The highest BCUT2D eigenvalue weighted by Gasteiger charge is 2.24. The first-order valence-electron chi connectivity index (χ1n) is 12.6. The topological polar surface area (TPSA) is 86.7 Å². The van der Waals surface area contributed by atoms with Crippen LogP contribution in [0.4, 0.5) is 8.78 Å². The number of hydrogen-bond acceptors (Lipinski definition) is 6. The number of hydrogen-bond donors (Lipinski definition) is 0. The molecule has 0 saturated heterocycles. The van der Waals surface area contributed by atoms with Gasteiger partial charge in [-0.1, -0.05) is 38.1 Å². The van der Waals surface area contributed by atoms with Crippen LogP contribution in [0.25, 0.3) is 0 Å². The quantitative estimate of drug-likeness (QED) is 0.173. The molecular weight excluding hydrogens is 558 g/mol. The fraction of sp³-hybridized carbons (Fsp3) is 0.200. The van der Waals surface area contributed by atoms with Gasteiger partial charge in [-0.15, -0.1) is 0 Å². The van der Waals surface area contributed by atoms with E-state index in [9.17, 15) is 25.6 Å². The van der Waals surface area contributed by atoms with E-state index in [-0.39, 0.29) is 33.1 Å². The van der Waals surface area contributed by atoms with Gasteiger partial charge in [0.05, 0.1) is 0 Å². The maximum absolute atomic E-state index is 13.2. The van der Waals surface area contributed by atoms with E-state index in [0.717, 1.165) is 72.5 Å². The van der Waals surface area contributed by atoms with Gasteiger partial charge in [-0.25, -0.2) is 8.78 Å². The van der Waals surface area contributed by atoms with E-state index >= 15 is 0 Å². The highest BCUT2D eigenvalue weighted by molar-refractivity contribution is 7.87. The SMILES string of the molecule is CC[C@H](c1ccc(OS(=O)(=O)c2ccc(F)cc2)cc1)[C@H](CC)c1ccc(OS(=O)(=O)c2ccc(F)cc2)cc1. The molecule has 0 radical (unpaired) electrons. The van der Waals surface area contributed by atoms with E-state index in [1.807, 2.05) is 24.3 Å². The largest absolute Gasteiger partial charge is 0.379 e. The van der Waals surface area contributed by atoms with Crippen molar-refractivity contribution in [3.63, 3.8) is 0 Å². The minimum atomic E-state index is -4.11. The van der Waals surface area contributed by atoms with Crippen molar-refractivity contribution in [1.29, 1.82) is 0 Å². The first kappa shape index (κ1) is 29.2. The molecule has 0 aromatic heterocycles. The van der Waals surface area contributed by atoms with Crippen molar-refractivity contribution in [2.45, 2.75) is 48.3 Å². The Morgan fingerprint density at radius 3 is 1.10 bits per heavy atom. The van der Waals surface area contributed by atoms with Gasteiger partial charge in [0.1, 0.15) is 32.9 Å². The molecule has 4 aromatic carbocycles. The zero-order valence-corrected chi connectivity index (χ0v) is 23.5. The van der Waals surface area contributed by atoms with Crippen molar-refractivity contribution >= 4 is 20.2 Å². The van der Waals surface area contributed by atoms with E-state index in [0.29, 0.717) is 0 Å². The lowest BCUT2D eigenvalue weighted by molar-refractivity contribution is 0.481. The Labute approximate surface area is 233 Å². The normalized spacial score (nSPS) is 13.4. The molecule has 2 atom stereocenters. The summed E-state index contributed by atoms with van der Waals surface area (Å²) in [6.45, 7) is 4.12. The van der Waals surface area contributed by atoms with Crippen LogP contribution < -0.4 is 8.37 Å². The molecule has 4 rings (SSSR count). The van der Waals surface area contributed by atoms with Gasteiger partial charge in [0.2, 0.25) is 0 Å². The van der Waals surface area contributed by atoms with Gasteiger partial charge < -0.3 is 8.37 Å². The van der Waals surface area contributed by atoms with E-state index in [2.05, 4.69) is 13.8 Å². The Morgan fingerprint density at radius 1 is 0.525 bits per heavy atom. The predicted molar refractivity (Wildman–Crippen MR) is 147 cm³/mol. The third-order valence-electron chi connectivity index (χ3n) is 6.60. The molecule has 10 heteroatoms. The number of benzene rings is 4. The van der Waals surface area contributed by atoms with Crippen LogP contribution in [-0.4, -0.2) is 16.8 Å². The van der Waals surface area contributed by atoms with Gasteiger partial charge >= 0.3 is 20.2 Å². The van der Waals surface area contributed by atoms with Crippen LogP contribution >= 0.6 is 0 Å². The summed E-state index contributed by atoms with van der Waals surface area (Å²) in [5.74, 6) is -0.641. The Bertz CT molecular complexity index is 1510. The zero-order chi connectivity index (χ0) is 28.9. The van der Waals surface area contributed by atoms with Crippen LogP contribution in [0.2, 0.25) is 0 Å². The van der Waals surface area contributed by atoms with Crippen molar-refractivity contribution in [3.8, 4) is 11.5 Å². The van der Waals surface area contributed by atoms with Crippen LogP contribution in [0.5, 0.6) is 11.5 Å². The molecule has 6 nitrogen and oxygen atoms in total. The minimum absolute atomic E-state index is 0.0856. The molecule has 40 heavy (non-hydrogen) atoms. The molecule has 0 fully saturated rings. The molecular formula is C30H28F2O6S2. The lowest BCUT2D eigenvalue weighted by Crippen LogP contribution is -2.12. The van der Waals surface area contributed by atoms with Gasteiger partial charge in [0.25, 0.3) is 0 Å². The van der Waals surface area contributed by atoms with Crippen LogP contribution in [0.1, 0.15) is 49.7 Å². The van der Waals surface area contributed by atoms with Crippen molar-refractivity contribution < 1.29 is 34.0 Å². The monoisotopic (exact) mass is 586 g/mol. The molecule has 0 saturated carbocycles. The second kappa shape index (κ2) is 12.2. The smallest absolute Gasteiger partial charge is 0.339 e. The third-order valence-corrected chi connectivity index (χ3v) is 9.12. The second-order valence-electron chi connectivity index (χ2n) is 9.15. The zero-order valence-electron chi connectivity index (χ0n) is 21.8. The van der Waals surface area contributed by atoms with Gasteiger partial charge in [0.15, 0.2) is 0 Å². The summed E-state index contributed by atoms with van der Waals surface area (Å²) in [6, 6.07) is 22.4. The molecule has 0 N–H and O–H groups in total. The maximum atomic E-state index is 13.2. The summed E-state index contributed by atoms with van der Waals surface area (Å²) in [6.07, 6.45) is 1.59.